The summed E-state index contributed by atoms with van der Waals surface area (Å²) in [5.41, 5.74) is 1.71. The number of carbonyl (C=O) groups is 2. The number of anilines is 1. The highest BCUT2D eigenvalue weighted by Gasteiger charge is 2.15. The Kier molecular flexibility index (Phi) is 11.9. The van der Waals surface area contributed by atoms with Gasteiger partial charge in [-0.25, -0.2) is 4.79 Å². The minimum Gasteiger partial charge on any atom is -0.496 e. The molecule has 5 nitrogen and oxygen atoms in total. The molecule has 1 aromatic rings. The fraction of sp³-hybridized carbons (Fsp3) is 0.500. The molecule has 21 heavy (non-hydrogen) atoms. The monoisotopic (exact) mass is 299 g/mol. The van der Waals surface area contributed by atoms with E-state index in [-0.39, 0.29) is 7.33 Å². The van der Waals surface area contributed by atoms with E-state index in [2.05, 4.69) is 10.1 Å². The quantitative estimate of drug-likeness (QED) is 0.855. The van der Waals surface area contributed by atoms with E-state index in [9.17, 15) is 9.59 Å². The number of nitrogens with one attached hydrogen (secondary N) is 1. The summed E-state index contributed by atoms with van der Waals surface area (Å²) >= 11 is 0. The Morgan fingerprint density at radius 2 is 1.62 bits per heavy atom. The van der Waals surface area contributed by atoms with E-state index >= 15 is 0 Å². The third-order valence-electron chi connectivity index (χ3n) is 2.26. The fourth-order valence-corrected chi connectivity index (χ4v) is 1.45. The van der Waals surface area contributed by atoms with E-state index in [1.165, 1.54) is 21.1 Å². The Labute approximate surface area is 129 Å². The molecule has 0 aliphatic heterocycles. The molecule has 1 N–H and O–H groups in total. The molecule has 0 aromatic heterocycles. The summed E-state index contributed by atoms with van der Waals surface area (Å²) in [6, 6.07) is 3.22. The maximum atomic E-state index is 11.5. The predicted octanol–water partition coefficient (Wildman–Crippen LogP) is 4.05. The maximum Gasteiger partial charge on any atom is 0.341 e. The Hall–Kier alpha value is -2.04. The summed E-state index contributed by atoms with van der Waals surface area (Å²) in [5.74, 6) is -0.286. The third-order valence-corrected chi connectivity index (χ3v) is 2.26. The summed E-state index contributed by atoms with van der Waals surface area (Å²) in [4.78, 5) is 22.5. The minimum atomic E-state index is -0.473. The Morgan fingerprint density at radius 3 is 2.00 bits per heavy atom. The standard InChI is InChI=1S/C12H15NO4.2C2H6.H2/c1-7-5-9(12(15)17-4)11(16-3)6-10(7)13-8(2)14;2*1-2;/h5-6H,1-4H3,(H,13,14);2*1-2H3;1H. The first-order chi connectivity index (χ1) is 9.99. The van der Waals surface area contributed by atoms with E-state index in [1.807, 2.05) is 27.7 Å². The molecule has 0 atom stereocenters. The lowest BCUT2D eigenvalue weighted by Gasteiger charge is -2.12. The van der Waals surface area contributed by atoms with Gasteiger partial charge in [-0.15, -0.1) is 0 Å². The number of aryl methyl sites for hydroxylation is 1. The van der Waals surface area contributed by atoms with Crippen molar-refractivity contribution < 1.29 is 20.5 Å². The van der Waals surface area contributed by atoms with Crippen LogP contribution in [0.15, 0.2) is 12.1 Å². The van der Waals surface area contributed by atoms with Crippen LogP contribution >= 0.6 is 0 Å². The van der Waals surface area contributed by atoms with Gasteiger partial charge in [0.05, 0.1) is 14.2 Å². The van der Waals surface area contributed by atoms with Crippen molar-refractivity contribution in [1.82, 2.24) is 0 Å². The number of hydrogen-bond acceptors (Lipinski definition) is 4. The molecular formula is C16H29NO4. The molecule has 5 heteroatoms. The van der Waals surface area contributed by atoms with Crippen molar-refractivity contribution in [2.45, 2.75) is 41.5 Å². The number of methoxy groups -OCH3 is 2. The highest BCUT2D eigenvalue weighted by Crippen LogP contribution is 2.27. The van der Waals surface area contributed by atoms with Crippen LogP contribution in [0.5, 0.6) is 5.75 Å². The van der Waals surface area contributed by atoms with Gasteiger partial charge in [-0.05, 0) is 18.6 Å². The lowest BCUT2D eigenvalue weighted by Crippen LogP contribution is -2.10. The molecule has 0 radical (unpaired) electrons. The molecule has 0 fully saturated rings. The Bertz CT molecular complexity index is 462. The second-order valence-corrected chi connectivity index (χ2v) is 3.54. The zero-order valence-corrected chi connectivity index (χ0v) is 14.3. The fourth-order valence-electron chi connectivity index (χ4n) is 1.45. The van der Waals surface area contributed by atoms with Gasteiger partial charge in [-0.3, -0.25) is 4.79 Å². The Balaban J connectivity index is -0.000000665. The summed E-state index contributed by atoms with van der Waals surface area (Å²) in [6.45, 7) is 11.2. The van der Waals surface area contributed by atoms with Gasteiger partial charge >= 0.3 is 5.97 Å². The molecule has 1 rings (SSSR count). The van der Waals surface area contributed by atoms with Crippen LogP contribution in [0.4, 0.5) is 5.69 Å². The topological polar surface area (TPSA) is 64.6 Å². The van der Waals surface area contributed by atoms with Crippen LogP contribution < -0.4 is 10.1 Å². The van der Waals surface area contributed by atoms with Crippen molar-refractivity contribution in [2.24, 2.45) is 0 Å². The number of benzene rings is 1. The number of rotatable bonds is 3. The average Bonchev–Trinajstić information content (AvgIpc) is 2.51. The smallest absolute Gasteiger partial charge is 0.341 e. The molecule has 0 unspecified atom stereocenters. The van der Waals surface area contributed by atoms with E-state index in [0.717, 1.165) is 5.56 Å². The Morgan fingerprint density at radius 1 is 1.10 bits per heavy atom. The third kappa shape index (κ3) is 6.79. The molecule has 0 aliphatic carbocycles. The molecule has 122 valence electrons. The zero-order valence-electron chi connectivity index (χ0n) is 14.3. The summed E-state index contributed by atoms with van der Waals surface area (Å²) in [6.07, 6.45) is 0. The maximum absolute atomic E-state index is 11.5. The van der Waals surface area contributed by atoms with E-state index in [4.69, 9.17) is 4.74 Å². The summed E-state index contributed by atoms with van der Waals surface area (Å²) in [5, 5.41) is 2.66. The van der Waals surface area contributed by atoms with Gasteiger partial charge < -0.3 is 14.8 Å². The van der Waals surface area contributed by atoms with Crippen LogP contribution in [0.1, 0.15) is 52.0 Å². The molecule has 0 spiro atoms. The highest BCUT2D eigenvalue weighted by molar-refractivity contribution is 5.95. The molecule has 0 heterocycles. The van der Waals surface area contributed by atoms with Gasteiger partial charge in [0.1, 0.15) is 11.3 Å². The summed E-state index contributed by atoms with van der Waals surface area (Å²) < 4.78 is 9.74. The van der Waals surface area contributed by atoms with Gasteiger partial charge in [-0.1, -0.05) is 27.7 Å². The van der Waals surface area contributed by atoms with Crippen LogP contribution in [0, 0.1) is 6.92 Å². The molecule has 0 aliphatic rings. The molecular weight excluding hydrogens is 270 g/mol. The van der Waals surface area contributed by atoms with Crippen LogP contribution in [-0.4, -0.2) is 26.1 Å². The molecule has 1 aromatic carbocycles. The van der Waals surface area contributed by atoms with Crippen molar-refractivity contribution in [3.05, 3.63) is 23.3 Å². The van der Waals surface area contributed by atoms with Gasteiger partial charge in [0.2, 0.25) is 5.91 Å². The van der Waals surface area contributed by atoms with Gasteiger partial charge in [0, 0.05) is 20.1 Å². The van der Waals surface area contributed by atoms with Crippen molar-refractivity contribution in [2.75, 3.05) is 19.5 Å². The summed E-state index contributed by atoms with van der Waals surface area (Å²) in [7, 11) is 2.76. The van der Waals surface area contributed by atoms with E-state index < -0.39 is 5.97 Å². The van der Waals surface area contributed by atoms with Crippen molar-refractivity contribution in [3.63, 3.8) is 0 Å². The lowest BCUT2D eigenvalue weighted by atomic mass is 10.1. The van der Waals surface area contributed by atoms with E-state index in [0.29, 0.717) is 17.0 Å². The number of carbonyl (C=O) groups excluding carboxylic acids is 2. The first-order valence-corrected chi connectivity index (χ1v) is 7.04. The van der Waals surface area contributed by atoms with Crippen LogP contribution in [-0.2, 0) is 9.53 Å². The molecule has 0 saturated carbocycles. The molecule has 0 bridgehead atoms. The largest absolute Gasteiger partial charge is 0.496 e. The van der Waals surface area contributed by atoms with Crippen molar-refractivity contribution in [1.29, 1.82) is 0 Å². The van der Waals surface area contributed by atoms with Crippen LogP contribution in [0.25, 0.3) is 0 Å². The lowest BCUT2D eigenvalue weighted by molar-refractivity contribution is -0.114. The second kappa shape index (κ2) is 11.8. The first kappa shape index (κ1) is 21.3. The average molecular weight is 299 g/mol. The number of esters is 1. The van der Waals surface area contributed by atoms with Crippen LogP contribution in [0.3, 0.4) is 0 Å². The normalized spacial score (nSPS) is 8.38. The van der Waals surface area contributed by atoms with Crippen molar-refractivity contribution in [3.8, 4) is 5.75 Å². The zero-order chi connectivity index (χ0) is 17.0. The van der Waals surface area contributed by atoms with Gasteiger partial charge in [0.15, 0.2) is 0 Å². The van der Waals surface area contributed by atoms with Crippen molar-refractivity contribution >= 4 is 17.6 Å². The van der Waals surface area contributed by atoms with Gasteiger partial charge in [-0.2, -0.15) is 0 Å². The SMILES string of the molecule is CC.CC.COC(=O)c1cc(C)c(NC(C)=O)cc1OC.[HH]. The number of ether oxygens (including phenoxy) is 2. The van der Waals surface area contributed by atoms with Gasteiger partial charge in [0.25, 0.3) is 0 Å². The minimum absolute atomic E-state index is 0. The number of amides is 1. The number of hydrogen-bond donors (Lipinski definition) is 1. The second-order valence-electron chi connectivity index (χ2n) is 3.54. The highest BCUT2D eigenvalue weighted by atomic mass is 16.5. The molecule has 1 amide bonds. The predicted molar refractivity (Wildman–Crippen MR) is 88.2 cm³/mol. The molecule has 0 saturated heterocycles. The first-order valence-electron chi connectivity index (χ1n) is 7.04. The van der Waals surface area contributed by atoms with Crippen LogP contribution in [0.2, 0.25) is 0 Å². The van der Waals surface area contributed by atoms with E-state index in [1.54, 1.807) is 19.1 Å².